The van der Waals surface area contributed by atoms with E-state index in [1.54, 1.807) is 4.68 Å². The molecule has 2 heterocycles. The maximum Gasteiger partial charge on any atom is 0.262 e. The SMILES string of the molecule is Cc1cccc(-n2ncc3c(=O)[nH]c(SCC(=O)NCc4ccccc4)nc32)c1C. The van der Waals surface area contributed by atoms with Crippen LogP contribution >= 0.6 is 11.8 Å². The van der Waals surface area contributed by atoms with Gasteiger partial charge in [-0.15, -0.1) is 0 Å². The fraction of sp³-hybridized carbons (Fsp3) is 0.182. The van der Waals surface area contributed by atoms with Crippen molar-refractivity contribution in [2.24, 2.45) is 0 Å². The van der Waals surface area contributed by atoms with Crippen LogP contribution in [0.2, 0.25) is 0 Å². The van der Waals surface area contributed by atoms with Gasteiger partial charge in [0.1, 0.15) is 5.39 Å². The van der Waals surface area contributed by atoms with Crippen LogP contribution in [0.1, 0.15) is 16.7 Å². The van der Waals surface area contributed by atoms with E-state index in [4.69, 9.17) is 0 Å². The summed E-state index contributed by atoms with van der Waals surface area (Å²) in [4.78, 5) is 32.0. The van der Waals surface area contributed by atoms with E-state index in [-0.39, 0.29) is 17.2 Å². The van der Waals surface area contributed by atoms with Crippen LogP contribution in [0.25, 0.3) is 16.7 Å². The molecule has 0 aliphatic carbocycles. The second kappa shape index (κ2) is 8.54. The lowest BCUT2D eigenvalue weighted by molar-refractivity contribution is -0.118. The Morgan fingerprint density at radius 2 is 1.93 bits per heavy atom. The quantitative estimate of drug-likeness (QED) is 0.370. The summed E-state index contributed by atoms with van der Waals surface area (Å²) in [5, 5.41) is 8.04. The molecule has 0 saturated heterocycles. The lowest BCUT2D eigenvalue weighted by Gasteiger charge is -2.09. The van der Waals surface area contributed by atoms with Gasteiger partial charge in [0.05, 0.1) is 17.6 Å². The number of thioether (sulfide) groups is 1. The van der Waals surface area contributed by atoms with Crippen LogP contribution in [0, 0.1) is 13.8 Å². The minimum absolute atomic E-state index is 0.130. The summed E-state index contributed by atoms with van der Waals surface area (Å²) in [7, 11) is 0. The summed E-state index contributed by atoms with van der Waals surface area (Å²) in [6.45, 7) is 4.50. The first-order valence-corrected chi connectivity index (χ1v) is 10.5. The molecule has 4 aromatic rings. The first kappa shape index (κ1) is 19.9. The highest BCUT2D eigenvalue weighted by atomic mass is 32.2. The zero-order valence-electron chi connectivity index (χ0n) is 16.7. The van der Waals surface area contributed by atoms with Gasteiger partial charge in [-0.1, -0.05) is 54.2 Å². The van der Waals surface area contributed by atoms with Crippen LogP contribution in [0.4, 0.5) is 0 Å². The Morgan fingerprint density at radius 3 is 2.73 bits per heavy atom. The van der Waals surface area contributed by atoms with Crippen molar-refractivity contribution in [3.63, 3.8) is 0 Å². The molecular weight excluding hydrogens is 398 g/mol. The fourth-order valence-electron chi connectivity index (χ4n) is 3.09. The summed E-state index contributed by atoms with van der Waals surface area (Å²) in [5.41, 5.74) is 4.30. The molecule has 8 heteroatoms. The Hall–Kier alpha value is -3.39. The first-order chi connectivity index (χ1) is 14.5. The summed E-state index contributed by atoms with van der Waals surface area (Å²) < 4.78 is 1.67. The number of aryl methyl sites for hydroxylation is 1. The molecule has 2 N–H and O–H groups in total. The molecule has 1 amide bonds. The van der Waals surface area contributed by atoms with E-state index >= 15 is 0 Å². The van der Waals surface area contributed by atoms with Crippen LogP contribution in [-0.2, 0) is 11.3 Å². The zero-order valence-corrected chi connectivity index (χ0v) is 17.5. The predicted molar refractivity (Wildman–Crippen MR) is 118 cm³/mol. The minimum Gasteiger partial charge on any atom is -0.351 e. The molecule has 2 aromatic heterocycles. The third kappa shape index (κ3) is 4.13. The molecule has 152 valence electrons. The van der Waals surface area contributed by atoms with Crippen LogP contribution in [0.15, 0.2) is 64.7 Å². The monoisotopic (exact) mass is 419 g/mol. The Kier molecular flexibility index (Phi) is 5.67. The van der Waals surface area contributed by atoms with E-state index in [1.165, 1.54) is 18.0 Å². The van der Waals surface area contributed by atoms with Crippen LogP contribution in [0.3, 0.4) is 0 Å². The molecule has 0 aliphatic heterocycles. The average molecular weight is 420 g/mol. The molecule has 2 aromatic carbocycles. The van der Waals surface area contributed by atoms with E-state index in [1.807, 2.05) is 62.4 Å². The highest BCUT2D eigenvalue weighted by Crippen LogP contribution is 2.21. The summed E-state index contributed by atoms with van der Waals surface area (Å²) >= 11 is 1.19. The van der Waals surface area contributed by atoms with Gasteiger partial charge in [-0.25, -0.2) is 9.67 Å². The first-order valence-electron chi connectivity index (χ1n) is 9.51. The van der Waals surface area contributed by atoms with E-state index in [2.05, 4.69) is 20.4 Å². The number of amides is 1. The van der Waals surface area contributed by atoms with Crippen molar-refractivity contribution in [1.82, 2.24) is 25.1 Å². The van der Waals surface area contributed by atoms with Gasteiger partial charge in [-0.05, 0) is 36.6 Å². The number of nitrogens with zero attached hydrogens (tertiary/aromatic N) is 3. The molecule has 0 spiro atoms. The maximum atomic E-state index is 12.5. The van der Waals surface area contributed by atoms with Crippen molar-refractivity contribution in [1.29, 1.82) is 0 Å². The number of rotatable bonds is 6. The lowest BCUT2D eigenvalue weighted by atomic mass is 10.1. The number of fused-ring (bicyclic) bond motifs is 1. The third-order valence-corrected chi connectivity index (χ3v) is 5.77. The number of aromatic amines is 1. The van der Waals surface area contributed by atoms with Crippen molar-refractivity contribution in [3.8, 4) is 5.69 Å². The van der Waals surface area contributed by atoms with E-state index in [9.17, 15) is 9.59 Å². The molecule has 30 heavy (non-hydrogen) atoms. The maximum absolute atomic E-state index is 12.5. The number of aromatic nitrogens is 4. The van der Waals surface area contributed by atoms with Gasteiger partial charge in [0.15, 0.2) is 10.8 Å². The lowest BCUT2D eigenvalue weighted by Crippen LogP contribution is -2.24. The summed E-state index contributed by atoms with van der Waals surface area (Å²) in [6.07, 6.45) is 1.52. The molecule has 0 aliphatic rings. The van der Waals surface area contributed by atoms with Gasteiger partial charge in [0, 0.05) is 6.54 Å². The zero-order chi connectivity index (χ0) is 21.1. The van der Waals surface area contributed by atoms with Crippen molar-refractivity contribution in [2.45, 2.75) is 25.5 Å². The number of H-pyrrole nitrogens is 1. The average Bonchev–Trinajstić information content (AvgIpc) is 3.18. The Balaban J connectivity index is 1.53. The number of nitrogens with one attached hydrogen (secondary N) is 2. The van der Waals surface area contributed by atoms with Crippen molar-refractivity contribution < 1.29 is 4.79 Å². The fourth-order valence-corrected chi connectivity index (χ4v) is 3.78. The number of carbonyl (C=O) groups is 1. The number of hydrogen-bond acceptors (Lipinski definition) is 5. The number of hydrogen-bond donors (Lipinski definition) is 2. The van der Waals surface area contributed by atoms with Gasteiger partial charge in [0.25, 0.3) is 5.56 Å². The largest absolute Gasteiger partial charge is 0.351 e. The standard InChI is InChI=1S/C22H21N5O2S/c1-14-7-6-10-18(15(14)2)27-20-17(12-24-27)21(29)26-22(25-20)30-13-19(28)23-11-16-8-4-3-5-9-16/h3-10,12H,11,13H2,1-2H3,(H,23,28)(H,25,26,29). The van der Waals surface area contributed by atoms with Crippen LogP contribution < -0.4 is 10.9 Å². The molecule has 0 saturated carbocycles. The molecule has 7 nitrogen and oxygen atoms in total. The van der Waals surface area contributed by atoms with Crippen molar-refractivity contribution in [2.75, 3.05) is 5.75 Å². The smallest absolute Gasteiger partial charge is 0.262 e. The second-order valence-corrected chi connectivity index (χ2v) is 7.90. The molecule has 0 atom stereocenters. The van der Waals surface area contributed by atoms with E-state index in [0.717, 1.165) is 22.4 Å². The van der Waals surface area contributed by atoms with Crippen LogP contribution in [-0.4, -0.2) is 31.4 Å². The van der Waals surface area contributed by atoms with Gasteiger partial charge >= 0.3 is 0 Å². The van der Waals surface area contributed by atoms with Gasteiger partial charge < -0.3 is 10.3 Å². The second-order valence-electron chi connectivity index (χ2n) is 6.93. The van der Waals surface area contributed by atoms with Crippen LogP contribution in [0.5, 0.6) is 0 Å². The Morgan fingerprint density at radius 1 is 1.13 bits per heavy atom. The topological polar surface area (TPSA) is 92.7 Å². The molecule has 0 fully saturated rings. The predicted octanol–water partition coefficient (Wildman–Crippen LogP) is 3.13. The Bertz CT molecular complexity index is 1260. The molecule has 0 radical (unpaired) electrons. The van der Waals surface area contributed by atoms with Gasteiger partial charge in [-0.2, -0.15) is 5.10 Å². The van der Waals surface area contributed by atoms with Crippen molar-refractivity contribution in [3.05, 3.63) is 81.8 Å². The molecule has 0 unspecified atom stereocenters. The third-order valence-electron chi connectivity index (χ3n) is 4.89. The molecule has 4 rings (SSSR count). The van der Waals surface area contributed by atoms with Gasteiger partial charge in [-0.3, -0.25) is 9.59 Å². The Labute approximate surface area is 177 Å². The number of benzene rings is 2. The van der Waals surface area contributed by atoms with E-state index in [0.29, 0.717) is 22.7 Å². The normalized spacial score (nSPS) is 11.0. The van der Waals surface area contributed by atoms with Gasteiger partial charge in [0.2, 0.25) is 5.91 Å². The molecule has 0 bridgehead atoms. The number of carbonyl (C=O) groups excluding carboxylic acids is 1. The minimum atomic E-state index is -0.274. The highest BCUT2D eigenvalue weighted by molar-refractivity contribution is 7.99. The molecular formula is C22H21N5O2S. The summed E-state index contributed by atoms with van der Waals surface area (Å²) in [5.74, 6) is 0.0217. The highest BCUT2D eigenvalue weighted by Gasteiger charge is 2.14. The summed E-state index contributed by atoms with van der Waals surface area (Å²) in [6, 6.07) is 15.6. The van der Waals surface area contributed by atoms with E-state index < -0.39 is 0 Å². The van der Waals surface area contributed by atoms with Crippen molar-refractivity contribution >= 4 is 28.7 Å².